The van der Waals surface area contributed by atoms with Crippen molar-refractivity contribution in [3.63, 3.8) is 0 Å². The Bertz CT molecular complexity index is 1160. The maximum absolute atomic E-state index is 13.6. The van der Waals surface area contributed by atoms with E-state index in [9.17, 15) is 14.4 Å². The van der Waals surface area contributed by atoms with Crippen LogP contribution in [0.4, 0.5) is 5.69 Å². The molecule has 2 aromatic rings. The number of methoxy groups -OCH3 is 2. The molecule has 9 nitrogen and oxygen atoms in total. The summed E-state index contributed by atoms with van der Waals surface area (Å²) < 4.78 is 10.8. The van der Waals surface area contributed by atoms with Crippen molar-refractivity contribution >= 4 is 23.4 Å². The fourth-order valence-electron chi connectivity index (χ4n) is 5.18. The van der Waals surface area contributed by atoms with Gasteiger partial charge < -0.3 is 29.9 Å². The number of nitrogens with one attached hydrogen (secondary N) is 2. The standard InChI is InChI=1S/C26H30N4O5/c1-34-18-4-5-19(23(14-18)35-2)17-3-6-21-20(13-17)26(33)30-12-11-29(15-22(30)24(31)28-21)25(32)16-7-9-27-10-8-16/h3-6,13-14,16,22,27H,7-12,15H2,1-2H3,(H,28,31)/t22-/m1/s1. The van der Waals surface area contributed by atoms with Gasteiger partial charge in [0.2, 0.25) is 11.8 Å². The zero-order valence-corrected chi connectivity index (χ0v) is 20.0. The summed E-state index contributed by atoms with van der Waals surface area (Å²) in [4.78, 5) is 43.2. The first-order valence-corrected chi connectivity index (χ1v) is 12.0. The molecule has 0 aliphatic carbocycles. The number of hydrogen-bond donors (Lipinski definition) is 2. The Hall–Kier alpha value is -3.59. The Morgan fingerprint density at radius 1 is 0.971 bits per heavy atom. The lowest BCUT2D eigenvalue weighted by atomic mass is 9.95. The van der Waals surface area contributed by atoms with Gasteiger partial charge in [-0.1, -0.05) is 6.07 Å². The van der Waals surface area contributed by atoms with Gasteiger partial charge >= 0.3 is 0 Å². The van der Waals surface area contributed by atoms with Crippen LogP contribution in [-0.4, -0.2) is 80.5 Å². The third-order valence-electron chi connectivity index (χ3n) is 7.17. The molecule has 0 radical (unpaired) electrons. The predicted octanol–water partition coefficient (Wildman–Crippen LogP) is 1.98. The van der Waals surface area contributed by atoms with Crippen molar-refractivity contribution in [1.82, 2.24) is 15.1 Å². The molecule has 35 heavy (non-hydrogen) atoms. The van der Waals surface area contributed by atoms with E-state index in [1.807, 2.05) is 18.2 Å². The molecule has 0 saturated carbocycles. The molecule has 2 N–H and O–H groups in total. The van der Waals surface area contributed by atoms with Gasteiger partial charge in [0.15, 0.2) is 0 Å². The third kappa shape index (κ3) is 4.32. The topological polar surface area (TPSA) is 100 Å². The minimum atomic E-state index is -0.715. The van der Waals surface area contributed by atoms with Gasteiger partial charge in [-0.25, -0.2) is 0 Å². The first kappa shape index (κ1) is 23.2. The Kier molecular flexibility index (Phi) is 6.34. The van der Waals surface area contributed by atoms with Crippen molar-refractivity contribution in [2.45, 2.75) is 18.9 Å². The van der Waals surface area contributed by atoms with E-state index in [0.29, 0.717) is 35.8 Å². The number of nitrogens with zero attached hydrogens (tertiary/aromatic N) is 2. The number of hydrogen-bond acceptors (Lipinski definition) is 6. The first-order chi connectivity index (χ1) is 17.0. The SMILES string of the molecule is COc1ccc(-c2ccc3c(c2)C(=O)N2CCN(C(=O)C4CCNCC4)C[C@@H]2C(=O)N3)c(OC)c1. The number of ether oxygens (including phenoxy) is 2. The maximum Gasteiger partial charge on any atom is 0.256 e. The van der Waals surface area contributed by atoms with E-state index < -0.39 is 6.04 Å². The predicted molar refractivity (Wildman–Crippen MR) is 131 cm³/mol. The highest BCUT2D eigenvalue weighted by Gasteiger charge is 2.41. The smallest absolute Gasteiger partial charge is 0.256 e. The van der Waals surface area contributed by atoms with Gasteiger partial charge in [0.05, 0.1) is 32.0 Å². The van der Waals surface area contributed by atoms with Crippen LogP contribution >= 0.6 is 0 Å². The summed E-state index contributed by atoms with van der Waals surface area (Å²) in [6, 6.07) is 10.2. The lowest BCUT2D eigenvalue weighted by Crippen LogP contribution is -2.60. The van der Waals surface area contributed by atoms with Crippen molar-refractivity contribution < 1.29 is 23.9 Å². The molecule has 3 heterocycles. The van der Waals surface area contributed by atoms with E-state index in [1.54, 1.807) is 42.2 Å². The van der Waals surface area contributed by atoms with E-state index in [2.05, 4.69) is 10.6 Å². The summed E-state index contributed by atoms with van der Waals surface area (Å²) in [5.41, 5.74) is 2.51. The molecular formula is C26H30N4O5. The number of fused-ring (bicyclic) bond motifs is 2. The van der Waals surface area contributed by atoms with Crippen LogP contribution in [0, 0.1) is 5.92 Å². The van der Waals surface area contributed by atoms with Gasteiger partial charge in [-0.2, -0.15) is 0 Å². The van der Waals surface area contributed by atoms with Crippen LogP contribution in [0.25, 0.3) is 11.1 Å². The van der Waals surface area contributed by atoms with Gasteiger partial charge in [0, 0.05) is 30.6 Å². The monoisotopic (exact) mass is 478 g/mol. The molecule has 0 spiro atoms. The molecule has 3 aliphatic rings. The lowest BCUT2D eigenvalue weighted by Gasteiger charge is -2.41. The van der Waals surface area contributed by atoms with Crippen LogP contribution in [-0.2, 0) is 9.59 Å². The Morgan fingerprint density at radius 2 is 1.77 bits per heavy atom. The van der Waals surface area contributed by atoms with E-state index >= 15 is 0 Å². The Labute approximate surface area is 204 Å². The van der Waals surface area contributed by atoms with E-state index in [0.717, 1.165) is 37.1 Å². The molecule has 5 rings (SSSR count). The summed E-state index contributed by atoms with van der Waals surface area (Å²) >= 11 is 0. The van der Waals surface area contributed by atoms with Gasteiger partial charge in [0.1, 0.15) is 17.5 Å². The average Bonchev–Trinajstić information content (AvgIpc) is 3.01. The molecule has 2 aromatic carbocycles. The van der Waals surface area contributed by atoms with Gasteiger partial charge in [-0.3, -0.25) is 14.4 Å². The minimum absolute atomic E-state index is 0.0217. The Morgan fingerprint density at radius 3 is 2.51 bits per heavy atom. The van der Waals surface area contributed by atoms with Crippen LogP contribution in [0.15, 0.2) is 36.4 Å². The zero-order valence-electron chi connectivity index (χ0n) is 20.0. The number of benzene rings is 2. The molecular weight excluding hydrogens is 448 g/mol. The molecule has 3 amide bonds. The van der Waals surface area contributed by atoms with Gasteiger partial charge in [-0.15, -0.1) is 0 Å². The van der Waals surface area contributed by atoms with Crippen LogP contribution in [0.3, 0.4) is 0 Å². The fraction of sp³-hybridized carbons (Fsp3) is 0.423. The van der Waals surface area contributed by atoms with Crippen molar-refractivity contribution in [3.8, 4) is 22.6 Å². The molecule has 0 bridgehead atoms. The summed E-state index contributed by atoms with van der Waals surface area (Å²) in [6.07, 6.45) is 1.61. The molecule has 2 fully saturated rings. The summed E-state index contributed by atoms with van der Waals surface area (Å²) in [5.74, 6) is 0.871. The molecule has 0 aromatic heterocycles. The minimum Gasteiger partial charge on any atom is -0.497 e. The van der Waals surface area contributed by atoms with Crippen LogP contribution in [0.1, 0.15) is 23.2 Å². The van der Waals surface area contributed by atoms with Crippen molar-refractivity contribution in [3.05, 3.63) is 42.0 Å². The molecule has 0 unspecified atom stereocenters. The lowest BCUT2D eigenvalue weighted by molar-refractivity contribution is -0.140. The molecule has 1 atom stereocenters. The second kappa shape index (κ2) is 9.58. The summed E-state index contributed by atoms with van der Waals surface area (Å²) in [6.45, 7) is 2.63. The summed E-state index contributed by atoms with van der Waals surface area (Å²) in [5, 5.41) is 6.19. The molecule has 2 saturated heterocycles. The van der Waals surface area contributed by atoms with Crippen molar-refractivity contribution in [1.29, 1.82) is 0 Å². The Balaban J connectivity index is 1.41. The number of piperazine rings is 1. The molecule has 9 heteroatoms. The summed E-state index contributed by atoms with van der Waals surface area (Å²) in [7, 11) is 3.18. The van der Waals surface area contributed by atoms with Crippen LogP contribution in [0.2, 0.25) is 0 Å². The number of rotatable bonds is 4. The van der Waals surface area contributed by atoms with Crippen molar-refractivity contribution in [2.24, 2.45) is 5.92 Å². The number of amides is 3. The van der Waals surface area contributed by atoms with Gasteiger partial charge in [-0.05, 0) is 55.8 Å². The van der Waals surface area contributed by atoms with E-state index in [-0.39, 0.29) is 30.2 Å². The molecule has 3 aliphatic heterocycles. The highest BCUT2D eigenvalue weighted by molar-refractivity contribution is 6.11. The van der Waals surface area contributed by atoms with Gasteiger partial charge in [0.25, 0.3) is 5.91 Å². The fourth-order valence-corrected chi connectivity index (χ4v) is 5.18. The maximum atomic E-state index is 13.6. The number of carbonyl (C=O) groups is 3. The van der Waals surface area contributed by atoms with E-state index in [1.165, 1.54) is 0 Å². The highest BCUT2D eigenvalue weighted by Crippen LogP contribution is 2.36. The number of piperidine rings is 1. The number of carbonyl (C=O) groups excluding carboxylic acids is 3. The van der Waals surface area contributed by atoms with Crippen molar-refractivity contribution in [2.75, 3.05) is 52.3 Å². The largest absolute Gasteiger partial charge is 0.497 e. The first-order valence-electron chi connectivity index (χ1n) is 12.0. The highest BCUT2D eigenvalue weighted by atomic mass is 16.5. The van der Waals surface area contributed by atoms with Crippen LogP contribution in [0.5, 0.6) is 11.5 Å². The third-order valence-corrected chi connectivity index (χ3v) is 7.17. The quantitative estimate of drug-likeness (QED) is 0.697. The second-order valence-electron chi connectivity index (χ2n) is 9.14. The molecule has 184 valence electrons. The number of anilines is 1. The zero-order chi connectivity index (χ0) is 24.5. The van der Waals surface area contributed by atoms with Crippen LogP contribution < -0.4 is 20.1 Å². The average molecular weight is 479 g/mol. The van der Waals surface area contributed by atoms with E-state index in [4.69, 9.17) is 9.47 Å². The normalized spacial score (nSPS) is 20.5. The second-order valence-corrected chi connectivity index (χ2v) is 9.14.